The molecule has 0 fully saturated rings. The van der Waals surface area contributed by atoms with Crippen LogP contribution < -0.4 is 5.32 Å². The monoisotopic (exact) mass is 285 g/mol. The Labute approximate surface area is 123 Å². The number of nitrogens with one attached hydrogen (secondary N) is 1. The van der Waals surface area contributed by atoms with Crippen LogP contribution in [-0.4, -0.2) is 31.4 Å². The zero-order chi connectivity index (χ0) is 15.2. The molecule has 0 saturated carbocycles. The molecule has 0 aromatic rings. The van der Waals surface area contributed by atoms with E-state index in [-0.39, 0.29) is 24.2 Å². The molecule has 1 amide bonds. The zero-order valence-electron chi connectivity index (χ0n) is 13.4. The maximum atomic E-state index is 11.3. The summed E-state index contributed by atoms with van der Waals surface area (Å²) < 4.78 is 5.34. The summed E-state index contributed by atoms with van der Waals surface area (Å²) in [6.07, 6.45) is 7.37. The number of amides is 1. The summed E-state index contributed by atoms with van der Waals surface area (Å²) in [5.41, 5.74) is 0. The van der Waals surface area contributed by atoms with Gasteiger partial charge in [-0.3, -0.25) is 9.59 Å². The van der Waals surface area contributed by atoms with E-state index in [1.54, 1.807) is 0 Å². The fraction of sp³-hybridized carbons (Fsp3) is 0.875. The summed E-state index contributed by atoms with van der Waals surface area (Å²) >= 11 is 0. The van der Waals surface area contributed by atoms with E-state index in [1.807, 2.05) is 20.8 Å². The number of carbonyl (C=O) groups is 2. The maximum Gasteiger partial charge on any atom is 0.219 e. The molecule has 0 aliphatic carbocycles. The summed E-state index contributed by atoms with van der Waals surface area (Å²) in [4.78, 5) is 22.3. The molecule has 0 rings (SSSR count). The van der Waals surface area contributed by atoms with Crippen molar-refractivity contribution in [3.63, 3.8) is 0 Å². The van der Waals surface area contributed by atoms with Gasteiger partial charge in [-0.1, -0.05) is 46.5 Å². The molecule has 0 atom stereocenters. The third-order valence-electron chi connectivity index (χ3n) is 3.25. The summed E-state index contributed by atoms with van der Waals surface area (Å²) in [6, 6.07) is 0. The molecule has 4 nitrogen and oxygen atoms in total. The van der Waals surface area contributed by atoms with E-state index < -0.39 is 0 Å². The van der Waals surface area contributed by atoms with Crippen molar-refractivity contribution in [3.05, 3.63) is 0 Å². The Morgan fingerprint density at radius 2 is 1.60 bits per heavy atom. The van der Waals surface area contributed by atoms with Crippen molar-refractivity contribution in [2.45, 2.75) is 65.7 Å². The molecule has 0 aliphatic rings. The number of ketones is 1. The van der Waals surface area contributed by atoms with Gasteiger partial charge in [-0.25, -0.2) is 0 Å². The fourth-order valence-electron chi connectivity index (χ4n) is 1.73. The van der Waals surface area contributed by atoms with Gasteiger partial charge in [0.05, 0.1) is 0 Å². The first kappa shape index (κ1) is 19.1. The zero-order valence-corrected chi connectivity index (χ0v) is 13.4. The SMILES string of the molecule is CCC(=O)NCCCCCCCCOCC(=O)C(C)C. The Bertz CT molecular complexity index is 264. The largest absolute Gasteiger partial charge is 0.374 e. The molecule has 0 bridgehead atoms. The predicted octanol–water partition coefficient (Wildman–Crippen LogP) is 3.09. The lowest BCUT2D eigenvalue weighted by molar-refractivity contribution is -0.126. The van der Waals surface area contributed by atoms with E-state index >= 15 is 0 Å². The Morgan fingerprint density at radius 1 is 1.00 bits per heavy atom. The van der Waals surface area contributed by atoms with Crippen molar-refractivity contribution in [1.29, 1.82) is 0 Å². The van der Waals surface area contributed by atoms with E-state index in [0.29, 0.717) is 13.0 Å². The van der Waals surface area contributed by atoms with Crippen LogP contribution in [-0.2, 0) is 14.3 Å². The van der Waals surface area contributed by atoms with Crippen molar-refractivity contribution < 1.29 is 14.3 Å². The molecule has 118 valence electrons. The fourth-order valence-corrected chi connectivity index (χ4v) is 1.73. The second-order valence-electron chi connectivity index (χ2n) is 5.50. The Hall–Kier alpha value is -0.900. The van der Waals surface area contributed by atoms with Gasteiger partial charge in [0.1, 0.15) is 6.61 Å². The highest BCUT2D eigenvalue weighted by Crippen LogP contribution is 2.05. The molecule has 0 heterocycles. The van der Waals surface area contributed by atoms with Gasteiger partial charge in [0.15, 0.2) is 5.78 Å². The molecule has 0 saturated heterocycles. The molecule has 1 N–H and O–H groups in total. The average Bonchev–Trinajstić information content (AvgIpc) is 2.43. The quantitative estimate of drug-likeness (QED) is 0.529. The minimum atomic E-state index is 0.0724. The topological polar surface area (TPSA) is 55.4 Å². The Morgan fingerprint density at radius 3 is 2.20 bits per heavy atom. The van der Waals surface area contributed by atoms with Gasteiger partial charge in [0.2, 0.25) is 5.91 Å². The molecule has 0 radical (unpaired) electrons. The van der Waals surface area contributed by atoms with Crippen molar-refractivity contribution in [1.82, 2.24) is 5.32 Å². The van der Waals surface area contributed by atoms with Gasteiger partial charge in [0.25, 0.3) is 0 Å². The van der Waals surface area contributed by atoms with Gasteiger partial charge in [-0.15, -0.1) is 0 Å². The molecular weight excluding hydrogens is 254 g/mol. The maximum absolute atomic E-state index is 11.3. The molecule has 0 unspecified atom stereocenters. The Balaban J connectivity index is 3.14. The lowest BCUT2D eigenvalue weighted by atomic mass is 10.1. The molecule has 0 aromatic carbocycles. The van der Waals surface area contributed by atoms with E-state index in [1.165, 1.54) is 12.8 Å². The highest BCUT2D eigenvalue weighted by Gasteiger charge is 2.06. The average molecular weight is 285 g/mol. The number of hydrogen-bond donors (Lipinski definition) is 1. The van der Waals surface area contributed by atoms with Crippen LogP contribution in [0.2, 0.25) is 0 Å². The van der Waals surface area contributed by atoms with Gasteiger partial charge in [-0.05, 0) is 12.8 Å². The molecule has 0 aliphatic heterocycles. The van der Waals surface area contributed by atoms with Gasteiger partial charge >= 0.3 is 0 Å². The van der Waals surface area contributed by atoms with Crippen LogP contribution in [0, 0.1) is 5.92 Å². The number of rotatable bonds is 13. The number of ether oxygens (including phenoxy) is 1. The summed E-state index contributed by atoms with van der Waals surface area (Å²) in [5, 5.41) is 2.88. The first-order valence-electron chi connectivity index (χ1n) is 7.95. The van der Waals surface area contributed by atoms with Crippen molar-refractivity contribution in [2.24, 2.45) is 5.92 Å². The van der Waals surface area contributed by atoms with E-state index in [2.05, 4.69) is 5.32 Å². The normalized spacial score (nSPS) is 10.8. The van der Waals surface area contributed by atoms with Crippen LogP contribution >= 0.6 is 0 Å². The first-order valence-corrected chi connectivity index (χ1v) is 7.95. The molecular formula is C16H31NO3. The third-order valence-corrected chi connectivity index (χ3v) is 3.25. The third kappa shape index (κ3) is 12.2. The van der Waals surface area contributed by atoms with Crippen LogP contribution in [0.1, 0.15) is 65.7 Å². The molecule has 0 spiro atoms. The van der Waals surface area contributed by atoms with Crippen LogP contribution in [0.5, 0.6) is 0 Å². The lowest BCUT2D eigenvalue weighted by Gasteiger charge is -2.06. The molecule has 20 heavy (non-hydrogen) atoms. The van der Waals surface area contributed by atoms with Crippen LogP contribution in [0.3, 0.4) is 0 Å². The van der Waals surface area contributed by atoms with Gasteiger partial charge in [0, 0.05) is 25.5 Å². The first-order chi connectivity index (χ1) is 9.57. The number of carbonyl (C=O) groups excluding carboxylic acids is 2. The van der Waals surface area contributed by atoms with Gasteiger partial charge < -0.3 is 10.1 Å². The number of unbranched alkanes of at least 4 members (excludes halogenated alkanes) is 5. The lowest BCUT2D eigenvalue weighted by Crippen LogP contribution is -2.23. The minimum absolute atomic E-state index is 0.0724. The smallest absolute Gasteiger partial charge is 0.219 e. The summed E-state index contributed by atoms with van der Waals surface area (Å²) in [6.45, 7) is 7.41. The minimum Gasteiger partial charge on any atom is -0.374 e. The van der Waals surface area contributed by atoms with E-state index in [0.717, 1.165) is 32.2 Å². The standard InChI is InChI=1S/C16H31NO3/c1-4-16(19)17-11-9-7-5-6-8-10-12-20-13-15(18)14(2)3/h14H,4-13H2,1-3H3,(H,17,19). The highest BCUT2D eigenvalue weighted by molar-refractivity contribution is 5.81. The van der Waals surface area contributed by atoms with E-state index in [4.69, 9.17) is 4.74 Å². The van der Waals surface area contributed by atoms with E-state index in [9.17, 15) is 9.59 Å². The number of hydrogen-bond acceptors (Lipinski definition) is 3. The van der Waals surface area contributed by atoms with Crippen molar-refractivity contribution in [2.75, 3.05) is 19.8 Å². The highest BCUT2D eigenvalue weighted by atomic mass is 16.5. The van der Waals surface area contributed by atoms with Crippen LogP contribution in [0.4, 0.5) is 0 Å². The second kappa shape index (κ2) is 13.1. The predicted molar refractivity (Wildman–Crippen MR) is 81.7 cm³/mol. The molecule has 4 heteroatoms. The number of Topliss-reactive ketones (excluding diaryl/α,β-unsaturated/α-hetero) is 1. The second-order valence-corrected chi connectivity index (χ2v) is 5.50. The van der Waals surface area contributed by atoms with Gasteiger partial charge in [-0.2, -0.15) is 0 Å². The van der Waals surface area contributed by atoms with Crippen molar-refractivity contribution >= 4 is 11.7 Å². The molecule has 0 aromatic heterocycles. The van der Waals surface area contributed by atoms with Crippen molar-refractivity contribution in [3.8, 4) is 0 Å². The van der Waals surface area contributed by atoms with Crippen LogP contribution in [0.15, 0.2) is 0 Å². The summed E-state index contributed by atoms with van der Waals surface area (Å²) in [7, 11) is 0. The Kier molecular flexibility index (Phi) is 12.5. The van der Waals surface area contributed by atoms with Crippen LogP contribution in [0.25, 0.3) is 0 Å². The summed E-state index contributed by atoms with van der Waals surface area (Å²) in [5.74, 6) is 0.389.